The lowest BCUT2D eigenvalue weighted by Gasteiger charge is -2.03. The zero-order valence-corrected chi connectivity index (χ0v) is 11.4. The molecule has 0 unspecified atom stereocenters. The first-order valence-corrected chi connectivity index (χ1v) is 6.31. The van der Waals surface area contributed by atoms with Gasteiger partial charge in [0.25, 0.3) is 5.91 Å². The third kappa shape index (κ3) is 5.12. The molecule has 112 valence electrons. The molecule has 1 N–H and O–H groups in total. The lowest BCUT2D eigenvalue weighted by molar-refractivity contribution is -0.142. The van der Waals surface area contributed by atoms with E-state index in [0.717, 1.165) is 6.08 Å². The molecule has 0 atom stereocenters. The third-order valence-electron chi connectivity index (χ3n) is 2.44. The van der Waals surface area contributed by atoms with Gasteiger partial charge in [0.15, 0.2) is 6.61 Å². The van der Waals surface area contributed by atoms with Crippen LogP contribution in [0.4, 0.5) is 10.3 Å². The molecule has 0 fully saturated rings. The lowest BCUT2D eigenvalue weighted by Crippen LogP contribution is -2.21. The highest BCUT2D eigenvalue weighted by Crippen LogP contribution is 2.04. The Labute approximate surface area is 125 Å². The van der Waals surface area contributed by atoms with Crippen LogP contribution in [0.1, 0.15) is 5.56 Å². The van der Waals surface area contributed by atoms with Crippen LogP contribution in [0.5, 0.6) is 0 Å². The number of rotatable bonds is 5. The van der Waals surface area contributed by atoms with Crippen molar-refractivity contribution in [3.63, 3.8) is 0 Å². The largest absolute Gasteiger partial charge is 0.452 e. The summed E-state index contributed by atoms with van der Waals surface area (Å²) in [5, 5.41) is 2.37. The summed E-state index contributed by atoms with van der Waals surface area (Å²) in [4.78, 5) is 30.5. The third-order valence-corrected chi connectivity index (χ3v) is 2.44. The molecule has 22 heavy (non-hydrogen) atoms. The molecule has 2 aromatic rings. The Morgan fingerprint density at radius 2 is 1.86 bits per heavy atom. The molecule has 7 heteroatoms. The fourth-order valence-corrected chi connectivity index (χ4v) is 1.45. The highest BCUT2D eigenvalue weighted by Gasteiger charge is 2.06. The van der Waals surface area contributed by atoms with E-state index in [4.69, 9.17) is 4.74 Å². The summed E-state index contributed by atoms with van der Waals surface area (Å²) in [5.41, 5.74) is 0.639. The lowest BCUT2D eigenvalue weighted by atomic mass is 10.2. The molecule has 0 aliphatic rings. The minimum Gasteiger partial charge on any atom is -0.452 e. The van der Waals surface area contributed by atoms with Crippen LogP contribution in [-0.4, -0.2) is 28.5 Å². The monoisotopic (exact) mass is 301 g/mol. The molecule has 0 saturated carbocycles. The number of anilines is 1. The first kappa shape index (κ1) is 15.3. The Hall–Kier alpha value is -3.09. The van der Waals surface area contributed by atoms with Crippen LogP contribution in [0.2, 0.25) is 0 Å². The second-order valence-corrected chi connectivity index (χ2v) is 4.11. The Morgan fingerprint density at radius 1 is 1.18 bits per heavy atom. The number of hydrogen-bond donors (Lipinski definition) is 1. The number of carbonyl (C=O) groups is 2. The molecule has 0 aliphatic carbocycles. The molecular formula is C15H12FN3O3. The topological polar surface area (TPSA) is 81.2 Å². The van der Waals surface area contributed by atoms with Crippen molar-refractivity contribution in [1.82, 2.24) is 9.97 Å². The maximum absolute atomic E-state index is 12.7. The van der Waals surface area contributed by atoms with Gasteiger partial charge in [0, 0.05) is 18.5 Å². The molecule has 0 aliphatic heterocycles. The molecular weight excluding hydrogens is 289 g/mol. The quantitative estimate of drug-likeness (QED) is 0.673. The van der Waals surface area contributed by atoms with Crippen LogP contribution in [0.15, 0.2) is 48.8 Å². The van der Waals surface area contributed by atoms with Crippen molar-refractivity contribution in [1.29, 1.82) is 0 Å². The van der Waals surface area contributed by atoms with Gasteiger partial charge >= 0.3 is 5.97 Å². The van der Waals surface area contributed by atoms with E-state index in [-0.39, 0.29) is 11.8 Å². The van der Waals surface area contributed by atoms with E-state index in [1.807, 2.05) is 0 Å². The van der Waals surface area contributed by atoms with Crippen molar-refractivity contribution in [3.05, 3.63) is 60.2 Å². The second kappa shape index (κ2) is 7.63. The van der Waals surface area contributed by atoms with Gasteiger partial charge in [-0.15, -0.1) is 0 Å². The number of halogens is 1. The Bertz CT molecular complexity index is 672. The van der Waals surface area contributed by atoms with Gasteiger partial charge < -0.3 is 4.74 Å². The smallest absolute Gasteiger partial charge is 0.331 e. The zero-order chi connectivity index (χ0) is 15.8. The summed E-state index contributed by atoms with van der Waals surface area (Å²) in [5.74, 6) is -1.46. The standard InChI is InChI=1S/C15H12FN3O3/c16-12-5-2-11(3-6-12)4-7-14(21)22-10-13(20)19-15-17-8-1-9-18-15/h1-9H,10H2,(H,17,18,19,20)/b7-4+. The number of carbonyl (C=O) groups excluding carboxylic acids is 2. The molecule has 1 aromatic carbocycles. The maximum Gasteiger partial charge on any atom is 0.331 e. The Kier molecular flexibility index (Phi) is 5.31. The van der Waals surface area contributed by atoms with E-state index in [9.17, 15) is 14.0 Å². The van der Waals surface area contributed by atoms with Crippen LogP contribution < -0.4 is 5.32 Å². The molecule has 0 radical (unpaired) electrons. The number of ether oxygens (including phenoxy) is 1. The molecule has 1 heterocycles. The summed E-state index contributed by atoms with van der Waals surface area (Å²) in [6.07, 6.45) is 5.56. The number of benzene rings is 1. The summed E-state index contributed by atoms with van der Waals surface area (Å²) in [7, 11) is 0. The van der Waals surface area contributed by atoms with E-state index < -0.39 is 18.5 Å². The number of nitrogens with one attached hydrogen (secondary N) is 1. The van der Waals surface area contributed by atoms with Crippen LogP contribution in [0.25, 0.3) is 6.08 Å². The number of nitrogens with zero attached hydrogens (tertiary/aromatic N) is 2. The number of hydrogen-bond acceptors (Lipinski definition) is 5. The summed E-state index contributed by atoms with van der Waals surface area (Å²) in [6.45, 7) is -0.454. The van der Waals surface area contributed by atoms with Crippen LogP contribution in [-0.2, 0) is 14.3 Å². The van der Waals surface area contributed by atoms with Gasteiger partial charge in [0.2, 0.25) is 5.95 Å². The van der Waals surface area contributed by atoms with E-state index in [2.05, 4.69) is 15.3 Å². The van der Waals surface area contributed by atoms with Gasteiger partial charge in [-0.1, -0.05) is 12.1 Å². The molecule has 6 nitrogen and oxygen atoms in total. The Morgan fingerprint density at radius 3 is 2.55 bits per heavy atom. The first-order chi connectivity index (χ1) is 10.6. The summed E-state index contributed by atoms with van der Waals surface area (Å²) < 4.78 is 17.5. The van der Waals surface area contributed by atoms with Gasteiger partial charge in [0.05, 0.1) is 0 Å². The Balaban J connectivity index is 1.77. The highest BCUT2D eigenvalue weighted by atomic mass is 19.1. The second-order valence-electron chi connectivity index (χ2n) is 4.11. The molecule has 1 aromatic heterocycles. The minimum atomic E-state index is -0.687. The van der Waals surface area contributed by atoms with Gasteiger partial charge in [-0.3, -0.25) is 10.1 Å². The maximum atomic E-state index is 12.7. The molecule has 1 amide bonds. The predicted octanol–water partition coefficient (Wildman–Crippen LogP) is 1.81. The van der Waals surface area contributed by atoms with Crippen molar-refractivity contribution >= 4 is 23.9 Å². The van der Waals surface area contributed by atoms with Gasteiger partial charge in [-0.2, -0.15) is 0 Å². The minimum absolute atomic E-state index is 0.130. The SMILES string of the molecule is O=C(COC(=O)/C=C/c1ccc(F)cc1)Nc1ncccn1. The van der Waals surface area contributed by atoms with E-state index in [1.165, 1.54) is 42.7 Å². The summed E-state index contributed by atoms with van der Waals surface area (Å²) in [6, 6.07) is 7.18. The van der Waals surface area contributed by atoms with Crippen molar-refractivity contribution in [2.75, 3.05) is 11.9 Å². The zero-order valence-electron chi connectivity index (χ0n) is 11.4. The average Bonchev–Trinajstić information content (AvgIpc) is 2.53. The van der Waals surface area contributed by atoms with E-state index in [0.29, 0.717) is 5.56 Å². The van der Waals surface area contributed by atoms with Gasteiger partial charge in [0.1, 0.15) is 5.82 Å². The summed E-state index contributed by atoms with van der Waals surface area (Å²) >= 11 is 0. The molecule has 0 spiro atoms. The molecule has 0 bridgehead atoms. The number of esters is 1. The normalized spacial score (nSPS) is 10.4. The number of aromatic nitrogens is 2. The van der Waals surface area contributed by atoms with Crippen LogP contribution in [0.3, 0.4) is 0 Å². The fourth-order valence-electron chi connectivity index (χ4n) is 1.45. The molecule has 2 rings (SSSR count). The van der Waals surface area contributed by atoms with Crippen LogP contribution in [0, 0.1) is 5.82 Å². The van der Waals surface area contributed by atoms with Crippen molar-refractivity contribution < 1.29 is 18.7 Å². The van der Waals surface area contributed by atoms with Crippen LogP contribution >= 0.6 is 0 Å². The van der Waals surface area contributed by atoms with Gasteiger partial charge in [-0.05, 0) is 29.8 Å². The predicted molar refractivity (Wildman–Crippen MR) is 77.1 cm³/mol. The van der Waals surface area contributed by atoms with E-state index in [1.54, 1.807) is 6.07 Å². The molecule has 0 saturated heterocycles. The average molecular weight is 301 g/mol. The van der Waals surface area contributed by atoms with Gasteiger partial charge in [-0.25, -0.2) is 19.2 Å². The van der Waals surface area contributed by atoms with E-state index >= 15 is 0 Å². The number of amides is 1. The highest BCUT2D eigenvalue weighted by molar-refractivity contribution is 5.93. The first-order valence-electron chi connectivity index (χ1n) is 6.31. The van der Waals surface area contributed by atoms with Crippen molar-refractivity contribution in [3.8, 4) is 0 Å². The van der Waals surface area contributed by atoms with Crippen molar-refractivity contribution in [2.24, 2.45) is 0 Å². The fraction of sp³-hybridized carbons (Fsp3) is 0.0667. The van der Waals surface area contributed by atoms with Crippen molar-refractivity contribution in [2.45, 2.75) is 0 Å².